The van der Waals surface area contributed by atoms with E-state index in [0.29, 0.717) is 5.82 Å². The highest BCUT2D eigenvalue weighted by atomic mass is 35.5. The molecule has 30 heavy (non-hydrogen) atoms. The quantitative estimate of drug-likeness (QED) is 0.723. The third kappa shape index (κ3) is 3.90. The molecule has 1 aliphatic carbocycles. The third-order valence-corrected chi connectivity index (χ3v) is 7.93. The molecule has 0 amide bonds. The lowest BCUT2D eigenvalue weighted by Crippen LogP contribution is -2.50. The van der Waals surface area contributed by atoms with Crippen molar-refractivity contribution in [1.29, 1.82) is 5.26 Å². The number of fused-ring (bicyclic) bond motifs is 1. The molecule has 1 aromatic carbocycles. The van der Waals surface area contributed by atoms with Gasteiger partial charge in [0, 0.05) is 29.9 Å². The van der Waals surface area contributed by atoms with Crippen LogP contribution in [-0.2, 0) is 17.8 Å². The number of benzene rings is 1. The highest BCUT2D eigenvalue weighted by Crippen LogP contribution is 2.52. The summed E-state index contributed by atoms with van der Waals surface area (Å²) in [7, 11) is 0. The van der Waals surface area contributed by atoms with E-state index < -0.39 is 11.4 Å². The Labute approximate surface area is 186 Å². The largest absolute Gasteiger partial charge is 0.598 e. The van der Waals surface area contributed by atoms with E-state index in [0.717, 1.165) is 32.4 Å². The summed E-state index contributed by atoms with van der Waals surface area (Å²) in [5.41, 5.74) is 2.84. The second-order valence-electron chi connectivity index (χ2n) is 9.13. The first-order valence-electron chi connectivity index (χ1n) is 10.2. The molecule has 2 heterocycles. The Morgan fingerprint density at radius 3 is 2.67 bits per heavy atom. The van der Waals surface area contributed by atoms with Crippen LogP contribution in [0.3, 0.4) is 0 Å². The Hall–Kier alpha value is -1.85. The van der Waals surface area contributed by atoms with E-state index in [-0.39, 0.29) is 27.1 Å². The molecule has 4 rings (SSSR count). The SMILES string of the molecule is CC(C)(C)[S+]([O-])N[C@@H]1c2ccccc2CC12CCN(c1ncc(Cl)nc1C#N)CC2. The first-order valence-corrected chi connectivity index (χ1v) is 11.7. The van der Waals surface area contributed by atoms with Crippen LogP contribution in [0, 0.1) is 16.7 Å². The van der Waals surface area contributed by atoms with Crippen LogP contribution in [-0.4, -0.2) is 32.4 Å². The number of nitrogens with zero attached hydrogens (tertiary/aromatic N) is 4. The molecule has 2 atom stereocenters. The van der Waals surface area contributed by atoms with Gasteiger partial charge in [0.25, 0.3) is 0 Å². The van der Waals surface area contributed by atoms with Gasteiger partial charge in [-0.25, -0.2) is 9.97 Å². The Morgan fingerprint density at radius 2 is 2.00 bits per heavy atom. The third-order valence-electron chi connectivity index (χ3n) is 6.19. The van der Waals surface area contributed by atoms with Gasteiger partial charge in [-0.1, -0.05) is 35.9 Å². The van der Waals surface area contributed by atoms with Gasteiger partial charge in [-0.2, -0.15) is 5.26 Å². The van der Waals surface area contributed by atoms with Crippen molar-refractivity contribution in [3.63, 3.8) is 0 Å². The summed E-state index contributed by atoms with van der Waals surface area (Å²) >= 11 is 4.75. The van der Waals surface area contributed by atoms with E-state index in [4.69, 9.17) is 11.6 Å². The second kappa shape index (κ2) is 8.01. The van der Waals surface area contributed by atoms with Crippen LogP contribution < -0.4 is 9.62 Å². The number of anilines is 1. The predicted octanol–water partition coefficient (Wildman–Crippen LogP) is 3.94. The molecule has 0 radical (unpaired) electrons. The summed E-state index contributed by atoms with van der Waals surface area (Å²) in [5.74, 6) is 0.593. The summed E-state index contributed by atoms with van der Waals surface area (Å²) in [4.78, 5) is 10.6. The molecule has 1 saturated heterocycles. The average Bonchev–Trinajstić information content (AvgIpc) is 3.01. The van der Waals surface area contributed by atoms with Crippen molar-refractivity contribution < 1.29 is 4.55 Å². The minimum absolute atomic E-state index is 0.00619. The van der Waals surface area contributed by atoms with Gasteiger partial charge >= 0.3 is 0 Å². The number of halogens is 1. The van der Waals surface area contributed by atoms with Crippen molar-refractivity contribution in [3.05, 3.63) is 52.4 Å². The first-order chi connectivity index (χ1) is 14.2. The summed E-state index contributed by atoms with van der Waals surface area (Å²) in [5, 5.41) is 9.66. The van der Waals surface area contributed by atoms with Crippen molar-refractivity contribution in [1.82, 2.24) is 14.7 Å². The number of nitrogens with one attached hydrogen (secondary N) is 1. The number of hydrogen-bond acceptors (Lipinski definition) is 6. The summed E-state index contributed by atoms with van der Waals surface area (Å²) in [6.45, 7) is 7.51. The Balaban J connectivity index is 1.59. The fourth-order valence-electron chi connectivity index (χ4n) is 4.56. The van der Waals surface area contributed by atoms with Crippen LogP contribution in [0.1, 0.15) is 56.5 Å². The van der Waals surface area contributed by atoms with Crippen LogP contribution in [0.15, 0.2) is 30.5 Å². The highest BCUT2D eigenvalue weighted by molar-refractivity contribution is 7.90. The molecule has 158 valence electrons. The van der Waals surface area contributed by atoms with Crippen molar-refractivity contribution in [3.8, 4) is 6.07 Å². The molecule has 0 bridgehead atoms. The minimum atomic E-state index is -1.16. The van der Waals surface area contributed by atoms with Crippen LogP contribution in [0.5, 0.6) is 0 Å². The van der Waals surface area contributed by atoms with Gasteiger partial charge in [-0.15, -0.1) is 4.72 Å². The van der Waals surface area contributed by atoms with Crippen LogP contribution in [0.2, 0.25) is 5.15 Å². The lowest BCUT2D eigenvalue weighted by molar-refractivity contribution is 0.176. The summed E-state index contributed by atoms with van der Waals surface area (Å²) in [6.07, 6.45) is 4.28. The van der Waals surface area contributed by atoms with E-state index in [1.807, 2.05) is 20.8 Å². The number of piperidine rings is 1. The smallest absolute Gasteiger partial charge is 0.184 e. The molecule has 1 aliphatic heterocycles. The number of nitriles is 1. The van der Waals surface area contributed by atoms with Gasteiger partial charge in [0.05, 0.1) is 12.2 Å². The number of aromatic nitrogens is 2. The van der Waals surface area contributed by atoms with Gasteiger partial charge in [0.15, 0.2) is 11.5 Å². The Morgan fingerprint density at radius 1 is 1.30 bits per heavy atom. The van der Waals surface area contributed by atoms with E-state index >= 15 is 0 Å². The van der Waals surface area contributed by atoms with Gasteiger partial charge in [-0.05, 0) is 51.2 Å². The lowest BCUT2D eigenvalue weighted by Gasteiger charge is -2.44. The monoisotopic (exact) mass is 443 g/mol. The van der Waals surface area contributed by atoms with E-state index in [1.54, 1.807) is 0 Å². The zero-order valence-electron chi connectivity index (χ0n) is 17.5. The minimum Gasteiger partial charge on any atom is -0.598 e. The molecular weight excluding hydrogens is 418 g/mol. The molecule has 8 heteroatoms. The standard InChI is InChI=1S/C22H26ClN5OS/c1-21(2,3)30(29)27-19-16-7-5-4-6-15(16)12-22(19)8-10-28(11-9-22)20-17(13-24)26-18(23)14-25-20/h4-7,14,19,27H,8-12H2,1-3H3/t19-,30?/m1/s1. The molecule has 1 unspecified atom stereocenters. The molecular formula is C22H26ClN5OS. The van der Waals surface area contributed by atoms with Crippen LogP contribution >= 0.6 is 11.6 Å². The zero-order chi connectivity index (χ0) is 21.5. The molecule has 2 aliphatic rings. The maximum atomic E-state index is 13.0. The highest BCUT2D eigenvalue weighted by Gasteiger charge is 2.50. The van der Waals surface area contributed by atoms with Crippen molar-refractivity contribution in [2.24, 2.45) is 5.41 Å². The maximum absolute atomic E-state index is 13.0. The molecule has 1 aromatic heterocycles. The summed E-state index contributed by atoms with van der Waals surface area (Å²) < 4.78 is 16.1. The van der Waals surface area contributed by atoms with Gasteiger partial charge in [0.2, 0.25) is 0 Å². The number of rotatable bonds is 3. The normalized spacial score (nSPS) is 21.3. The van der Waals surface area contributed by atoms with Crippen LogP contribution in [0.25, 0.3) is 0 Å². The van der Waals surface area contributed by atoms with Gasteiger partial charge < -0.3 is 9.45 Å². The second-order valence-corrected chi connectivity index (χ2v) is 11.5. The topological polar surface area (TPSA) is 87.9 Å². The maximum Gasteiger partial charge on any atom is 0.184 e. The Kier molecular flexibility index (Phi) is 5.71. The molecule has 6 nitrogen and oxygen atoms in total. The number of hydrogen-bond donors (Lipinski definition) is 1. The molecule has 1 N–H and O–H groups in total. The lowest BCUT2D eigenvalue weighted by atomic mass is 9.73. The van der Waals surface area contributed by atoms with Crippen LogP contribution in [0.4, 0.5) is 5.82 Å². The molecule has 1 fully saturated rings. The fraction of sp³-hybridized carbons (Fsp3) is 0.500. The molecule has 1 spiro atoms. The van der Waals surface area contributed by atoms with Crippen molar-refractivity contribution in [2.75, 3.05) is 18.0 Å². The van der Waals surface area contributed by atoms with Gasteiger partial charge in [0.1, 0.15) is 16.0 Å². The Bertz CT molecular complexity index is 978. The fourth-order valence-corrected chi connectivity index (χ4v) is 5.64. The van der Waals surface area contributed by atoms with E-state index in [2.05, 4.69) is 49.9 Å². The molecule has 0 saturated carbocycles. The van der Waals surface area contributed by atoms with E-state index in [9.17, 15) is 9.81 Å². The van der Waals surface area contributed by atoms with E-state index in [1.165, 1.54) is 17.3 Å². The van der Waals surface area contributed by atoms with Gasteiger partial charge in [-0.3, -0.25) is 0 Å². The first kappa shape index (κ1) is 21.4. The predicted molar refractivity (Wildman–Crippen MR) is 120 cm³/mol. The average molecular weight is 444 g/mol. The molecule has 2 aromatic rings. The zero-order valence-corrected chi connectivity index (χ0v) is 19.1. The summed E-state index contributed by atoms with van der Waals surface area (Å²) in [6, 6.07) is 10.6. The van der Waals surface area contributed by atoms with Crippen molar-refractivity contribution in [2.45, 2.75) is 50.8 Å². The van der Waals surface area contributed by atoms with Crippen molar-refractivity contribution >= 4 is 28.8 Å².